The number of methoxy groups -OCH3 is 1. The molecule has 1 atom stereocenters. The van der Waals surface area contributed by atoms with E-state index in [2.05, 4.69) is 14.7 Å². The number of hydrogen-bond acceptors (Lipinski definition) is 5. The number of nitrogens with zero attached hydrogens (tertiary/aromatic N) is 3. The molecule has 0 bridgehead atoms. The molecule has 0 saturated carbocycles. The first-order chi connectivity index (χ1) is 12.2. The highest BCUT2D eigenvalue weighted by Crippen LogP contribution is 2.40. The molecule has 26 heavy (non-hydrogen) atoms. The molecule has 2 aliphatic rings. The molecule has 9 heteroatoms. The molecule has 3 rings (SSSR count). The zero-order valence-corrected chi connectivity index (χ0v) is 13.7. The van der Waals surface area contributed by atoms with Gasteiger partial charge in [0.05, 0.1) is 7.11 Å². The summed E-state index contributed by atoms with van der Waals surface area (Å²) < 4.78 is 59.1. The maximum absolute atomic E-state index is 13.8. The van der Waals surface area contributed by atoms with Crippen molar-refractivity contribution in [2.75, 3.05) is 7.11 Å². The van der Waals surface area contributed by atoms with Crippen molar-refractivity contribution in [2.24, 2.45) is 9.98 Å². The summed E-state index contributed by atoms with van der Waals surface area (Å²) in [5, 5.41) is 0. The van der Waals surface area contributed by atoms with Gasteiger partial charge in [-0.15, -0.1) is 0 Å². The number of alkyl halides is 3. The Morgan fingerprint density at radius 1 is 1.15 bits per heavy atom. The fourth-order valence-corrected chi connectivity index (χ4v) is 2.59. The summed E-state index contributed by atoms with van der Waals surface area (Å²) in [5.74, 6) is -2.50. The van der Waals surface area contributed by atoms with Gasteiger partial charge in [0.15, 0.2) is 0 Å². The Hall–Kier alpha value is -2.97. The number of rotatable bonds is 2. The number of carbonyl (C=O) groups excluding carboxylic acids is 1. The van der Waals surface area contributed by atoms with Gasteiger partial charge in [0, 0.05) is 11.8 Å². The van der Waals surface area contributed by atoms with Crippen LogP contribution in [0.1, 0.15) is 12.5 Å². The Labute approximate surface area is 146 Å². The highest BCUT2D eigenvalue weighted by Gasteiger charge is 2.65. The maximum atomic E-state index is 13.8. The molecule has 0 aliphatic carbocycles. The normalized spacial score (nSPS) is 22.2. The average molecular weight is 367 g/mol. The van der Waals surface area contributed by atoms with E-state index in [1.165, 1.54) is 23.2 Å². The van der Waals surface area contributed by atoms with Crippen molar-refractivity contribution in [2.45, 2.75) is 18.8 Å². The molecule has 0 N–H and O–H groups in total. The molecule has 2 aliphatic heterocycles. The van der Waals surface area contributed by atoms with Crippen LogP contribution in [0.15, 0.2) is 58.2 Å². The van der Waals surface area contributed by atoms with Gasteiger partial charge in [-0.25, -0.2) is 19.2 Å². The van der Waals surface area contributed by atoms with Crippen molar-refractivity contribution >= 4 is 17.6 Å². The van der Waals surface area contributed by atoms with Crippen molar-refractivity contribution in [3.8, 4) is 0 Å². The van der Waals surface area contributed by atoms with E-state index in [9.17, 15) is 22.4 Å². The molecule has 1 unspecified atom stereocenters. The van der Waals surface area contributed by atoms with Crippen LogP contribution in [-0.2, 0) is 9.53 Å². The van der Waals surface area contributed by atoms with Crippen LogP contribution in [-0.4, -0.2) is 41.5 Å². The van der Waals surface area contributed by atoms with E-state index in [4.69, 9.17) is 0 Å². The van der Waals surface area contributed by atoms with Crippen molar-refractivity contribution in [3.63, 3.8) is 0 Å². The van der Waals surface area contributed by atoms with E-state index >= 15 is 0 Å². The second-order valence-electron chi connectivity index (χ2n) is 5.60. The molecule has 1 aromatic rings. The van der Waals surface area contributed by atoms with Gasteiger partial charge in [0.25, 0.3) is 0 Å². The number of fused-ring (bicyclic) bond motifs is 1. The van der Waals surface area contributed by atoms with Crippen LogP contribution in [0, 0.1) is 5.82 Å². The van der Waals surface area contributed by atoms with Crippen LogP contribution in [0.3, 0.4) is 0 Å². The average Bonchev–Trinajstić information content (AvgIpc) is 2.60. The minimum atomic E-state index is -5.13. The minimum Gasteiger partial charge on any atom is -0.465 e. The SMILES string of the molecule is COC(=O)C1(C(F)(F)F)N=C2C(C)=CC=CN2C(c2ccc(F)cc2)=N1. The lowest BCUT2D eigenvalue weighted by atomic mass is 10.0. The van der Waals surface area contributed by atoms with Crippen molar-refractivity contribution in [3.05, 3.63) is 59.6 Å². The highest BCUT2D eigenvalue weighted by atomic mass is 19.4. The van der Waals surface area contributed by atoms with E-state index in [1.54, 1.807) is 19.1 Å². The van der Waals surface area contributed by atoms with Crippen LogP contribution in [0.5, 0.6) is 0 Å². The zero-order chi connectivity index (χ0) is 19.1. The monoisotopic (exact) mass is 367 g/mol. The fraction of sp³-hybridized carbons (Fsp3) is 0.235. The van der Waals surface area contributed by atoms with Crippen molar-refractivity contribution < 1.29 is 27.1 Å². The van der Waals surface area contributed by atoms with E-state index in [0.717, 1.165) is 19.2 Å². The first-order valence-electron chi connectivity index (χ1n) is 7.45. The number of aliphatic imine (C=N–C) groups is 2. The topological polar surface area (TPSA) is 54.3 Å². The van der Waals surface area contributed by atoms with Gasteiger partial charge in [-0.05, 0) is 42.8 Å². The molecule has 5 nitrogen and oxygen atoms in total. The van der Waals surface area contributed by atoms with Crippen LogP contribution in [0.2, 0.25) is 0 Å². The lowest BCUT2D eigenvalue weighted by Crippen LogP contribution is -2.56. The molecular formula is C17H13F4N3O2. The Morgan fingerprint density at radius 2 is 1.77 bits per heavy atom. The van der Waals surface area contributed by atoms with Crippen LogP contribution >= 0.6 is 0 Å². The van der Waals surface area contributed by atoms with Crippen molar-refractivity contribution in [1.29, 1.82) is 0 Å². The van der Waals surface area contributed by atoms with Gasteiger partial charge in [0.1, 0.15) is 17.5 Å². The third-order valence-electron chi connectivity index (χ3n) is 3.89. The van der Waals surface area contributed by atoms with Gasteiger partial charge < -0.3 is 4.74 Å². The summed E-state index contributed by atoms with van der Waals surface area (Å²) in [5.41, 5.74) is -2.84. The molecule has 0 aromatic heterocycles. The number of esters is 1. The number of benzene rings is 1. The van der Waals surface area contributed by atoms with Gasteiger partial charge in [-0.3, -0.25) is 4.90 Å². The largest absolute Gasteiger partial charge is 0.465 e. The summed E-state index contributed by atoms with van der Waals surface area (Å²) in [7, 11) is 0.832. The van der Waals surface area contributed by atoms with E-state index in [-0.39, 0.29) is 17.2 Å². The molecular weight excluding hydrogens is 354 g/mol. The third-order valence-corrected chi connectivity index (χ3v) is 3.89. The molecule has 0 radical (unpaired) electrons. The zero-order valence-electron chi connectivity index (χ0n) is 13.7. The molecule has 0 spiro atoms. The second-order valence-corrected chi connectivity index (χ2v) is 5.60. The Balaban J connectivity index is 2.29. The standard InChI is InChI=1S/C17H13F4N3O2/c1-10-4-3-9-24-13(10)22-16(15(25)26-2,17(19,20)21)23-14(24)11-5-7-12(18)8-6-11/h3-9H,1-2H3. The molecule has 1 aromatic carbocycles. The number of carbonyl (C=O) groups is 1. The van der Waals surface area contributed by atoms with Crippen LogP contribution in [0.4, 0.5) is 17.6 Å². The number of amidine groups is 2. The summed E-state index contributed by atoms with van der Waals surface area (Å²) in [6, 6.07) is 4.73. The fourth-order valence-electron chi connectivity index (χ4n) is 2.59. The number of ether oxygens (including phenoxy) is 1. The first kappa shape index (κ1) is 17.8. The lowest BCUT2D eigenvalue weighted by molar-refractivity contribution is -0.202. The van der Waals surface area contributed by atoms with Crippen LogP contribution < -0.4 is 0 Å². The third kappa shape index (κ3) is 2.69. The summed E-state index contributed by atoms with van der Waals surface area (Å²) in [4.78, 5) is 20.6. The first-order valence-corrected chi connectivity index (χ1v) is 7.45. The Morgan fingerprint density at radius 3 is 2.35 bits per heavy atom. The number of halogens is 4. The number of hydrogen-bond donors (Lipinski definition) is 0. The molecule has 136 valence electrons. The van der Waals surface area contributed by atoms with Gasteiger partial charge in [0.2, 0.25) is 0 Å². The molecule has 0 saturated heterocycles. The van der Waals surface area contributed by atoms with Gasteiger partial charge >= 0.3 is 17.8 Å². The van der Waals surface area contributed by atoms with Crippen molar-refractivity contribution in [1.82, 2.24) is 4.90 Å². The Kier molecular flexibility index (Phi) is 4.17. The lowest BCUT2D eigenvalue weighted by Gasteiger charge is -2.37. The Bertz CT molecular complexity index is 869. The predicted octanol–water partition coefficient (Wildman–Crippen LogP) is 3.19. The van der Waals surface area contributed by atoms with E-state index in [0.29, 0.717) is 5.57 Å². The summed E-state index contributed by atoms with van der Waals surface area (Å²) in [6.07, 6.45) is -0.509. The van der Waals surface area contributed by atoms with Gasteiger partial charge in [-0.2, -0.15) is 13.2 Å². The summed E-state index contributed by atoms with van der Waals surface area (Å²) >= 11 is 0. The quantitative estimate of drug-likeness (QED) is 0.596. The second kappa shape index (κ2) is 6.08. The van der Waals surface area contributed by atoms with Crippen LogP contribution in [0.25, 0.3) is 0 Å². The van der Waals surface area contributed by atoms with Gasteiger partial charge in [-0.1, -0.05) is 6.08 Å². The molecule has 2 heterocycles. The van der Waals surface area contributed by atoms with E-state index in [1.807, 2.05) is 0 Å². The number of allylic oxidation sites excluding steroid dienone is 2. The summed E-state index contributed by atoms with van der Waals surface area (Å²) in [6.45, 7) is 1.56. The molecule has 0 amide bonds. The smallest absolute Gasteiger partial charge is 0.445 e. The minimum absolute atomic E-state index is 0.0930. The predicted molar refractivity (Wildman–Crippen MR) is 85.9 cm³/mol. The van der Waals surface area contributed by atoms with E-state index < -0.39 is 23.6 Å². The molecule has 0 fully saturated rings. The maximum Gasteiger partial charge on any atom is 0.445 e. The highest BCUT2D eigenvalue weighted by molar-refractivity contribution is 6.18.